The number of hydrogen-bond acceptors (Lipinski definition) is 11. The summed E-state index contributed by atoms with van der Waals surface area (Å²) < 4.78 is 22.1. The third kappa shape index (κ3) is 10.1. The zero-order chi connectivity index (χ0) is 31.5. The molecule has 4 atom stereocenters. The minimum atomic E-state index is -1.66. The third-order valence-corrected chi connectivity index (χ3v) is 6.69. The lowest BCUT2D eigenvalue weighted by Crippen LogP contribution is -2.53. The van der Waals surface area contributed by atoms with Gasteiger partial charge in [-0.05, 0) is 30.5 Å². The fraction of sp³-hybridized carbons (Fsp3) is 0.552. The van der Waals surface area contributed by atoms with Crippen molar-refractivity contribution in [2.45, 2.75) is 70.7 Å². The molecule has 3 amide bonds. The maximum Gasteiger partial charge on any atom is 0.335 e. The number of ether oxygens (including phenoxy) is 4. The van der Waals surface area contributed by atoms with E-state index in [-0.39, 0.29) is 56.7 Å². The number of esters is 1. The summed E-state index contributed by atoms with van der Waals surface area (Å²) in [5, 5.41) is 31.9. The summed E-state index contributed by atoms with van der Waals surface area (Å²) in [6.07, 6.45) is -2.34. The summed E-state index contributed by atoms with van der Waals surface area (Å²) in [6.45, 7) is 4.26. The SMILES string of the molecule is CC(C)C(=O)OCc1cc(CCCOCCNC(=O)CCN2C(=O)C=CC2=O)ccc1O[C@H]1C[C@@H](O)[C@H](O)[C@@H](C(=O)O)O1. The highest BCUT2D eigenvalue weighted by atomic mass is 16.7. The molecule has 14 nitrogen and oxygen atoms in total. The molecule has 0 radical (unpaired) electrons. The van der Waals surface area contributed by atoms with Gasteiger partial charge < -0.3 is 39.6 Å². The number of hydrogen-bond donors (Lipinski definition) is 4. The zero-order valence-electron chi connectivity index (χ0n) is 24.1. The first-order chi connectivity index (χ1) is 20.5. The molecule has 0 unspecified atom stereocenters. The number of aliphatic hydroxyl groups is 2. The molecule has 2 heterocycles. The predicted molar refractivity (Wildman–Crippen MR) is 147 cm³/mol. The molecule has 43 heavy (non-hydrogen) atoms. The molecule has 2 aliphatic heterocycles. The van der Waals surface area contributed by atoms with E-state index < -0.39 is 48.4 Å². The molecule has 1 fully saturated rings. The number of nitrogens with zero attached hydrogens (tertiary/aromatic N) is 1. The van der Waals surface area contributed by atoms with Crippen molar-refractivity contribution < 1.29 is 58.2 Å². The Balaban J connectivity index is 1.46. The van der Waals surface area contributed by atoms with Gasteiger partial charge in [0.1, 0.15) is 18.5 Å². The van der Waals surface area contributed by atoms with E-state index in [1.165, 1.54) is 12.2 Å². The second kappa shape index (κ2) is 16.1. The van der Waals surface area contributed by atoms with E-state index in [0.717, 1.165) is 10.5 Å². The van der Waals surface area contributed by atoms with Crippen LogP contribution in [0.2, 0.25) is 0 Å². The van der Waals surface area contributed by atoms with Crippen molar-refractivity contribution in [1.82, 2.24) is 10.2 Å². The highest BCUT2D eigenvalue weighted by Gasteiger charge is 2.42. The number of aliphatic hydroxyl groups excluding tert-OH is 2. The van der Waals surface area contributed by atoms with E-state index in [1.807, 2.05) is 0 Å². The second-order valence-corrected chi connectivity index (χ2v) is 10.4. The molecule has 0 bridgehead atoms. The van der Waals surface area contributed by atoms with E-state index in [4.69, 9.17) is 18.9 Å². The summed E-state index contributed by atoms with van der Waals surface area (Å²) in [6, 6.07) is 5.22. The molecule has 0 spiro atoms. The number of carboxylic acids is 1. The largest absolute Gasteiger partial charge is 0.479 e. The second-order valence-electron chi connectivity index (χ2n) is 10.4. The van der Waals surface area contributed by atoms with Crippen LogP contribution >= 0.6 is 0 Å². The Labute approximate surface area is 248 Å². The Morgan fingerprint density at radius 1 is 1.12 bits per heavy atom. The molecule has 1 aromatic carbocycles. The van der Waals surface area contributed by atoms with Crippen LogP contribution in [0.25, 0.3) is 0 Å². The predicted octanol–water partition coefficient (Wildman–Crippen LogP) is 0.0665. The van der Waals surface area contributed by atoms with Crippen LogP contribution in [0.15, 0.2) is 30.4 Å². The van der Waals surface area contributed by atoms with Gasteiger partial charge in [-0.3, -0.25) is 24.1 Å². The Hall–Kier alpha value is -3.85. The van der Waals surface area contributed by atoms with Crippen molar-refractivity contribution in [3.05, 3.63) is 41.5 Å². The van der Waals surface area contributed by atoms with Crippen LogP contribution in [0.3, 0.4) is 0 Å². The Morgan fingerprint density at radius 3 is 2.51 bits per heavy atom. The summed E-state index contributed by atoms with van der Waals surface area (Å²) in [5.41, 5.74) is 1.41. The molecule has 3 rings (SSSR count). The number of carbonyl (C=O) groups excluding carboxylic acids is 4. The smallest absolute Gasteiger partial charge is 0.335 e. The van der Waals surface area contributed by atoms with Crippen molar-refractivity contribution >= 4 is 29.7 Å². The van der Waals surface area contributed by atoms with Crippen molar-refractivity contribution in [1.29, 1.82) is 0 Å². The first-order valence-electron chi connectivity index (χ1n) is 14.0. The number of nitrogens with one attached hydrogen (secondary N) is 1. The Kier molecular flexibility index (Phi) is 12.6. The Bertz CT molecular complexity index is 1180. The van der Waals surface area contributed by atoms with Gasteiger partial charge in [-0.15, -0.1) is 0 Å². The fourth-order valence-corrected chi connectivity index (χ4v) is 4.29. The van der Waals surface area contributed by atoms with Gasteiger partial charge in [0.15, 0.2) is 6.10 Å². The molecule has 0 aromatic heterocycles. The van der Waals surface area contributed by atoms with Gasteiger partial charge in [-0.2, -0.15) is 0 Å². The van der Waals surface area contributed by atoms with E-state index in [9.17, 15) is 39.3 Å². The van der Waals surface area contributed by atoms with Crippen molar-refractivity contribution in [2.75, 3.05) is 26.3 Å². The summed E-state index contributed by atoms with van der Waals surface area (Å²) in [4.78, 5) is 59.5. The average molecular weight is 607 g/mol. The molecule has 0 aliphatic carbocycles. The number of carbonyl (C=O) groups is 5. The van der Waals surface area contributed by atoms with Gasteiger partial charge in [-0.1, -0.05) is 19.9 Å². The molecule has 4 N–H and O–H groups in total. The maximum atomic E-state index is 12.1. The lowest BCUT2D eigenvalue weighted by Gasteiger charge is -2.35. The summed E-state index contributed by atoms with van der Waals surface area (Å²) >= 11 is 0. The lowest BCUT2D eigenvalue weighted by atomic mass is 10.0. The zero-order valence-corrected chi connectivity index (χ0v) is 24.1. The van der Waals surface area contributed by atoms with Crippen LogP contribution in [-0.2, 0) is 51.2 Å². The number of aryl methyl sites for hydroxylation is 1. The molecular weight excluding hydrogens is 568 g/mol. The van der Waals surface area contributed by atoms with Crippen molar-refractivity contribution in [2.24, 2.45) is 5.92 Å². The van der Waals surface area contributed by atoms with Gasteiger partial charge in [-0.25, -0.2) is 4.79 Å². The highest BCUT2D eigenvalue weighted by Crippen LogP contribution is 2.28. The number of benzene rings is 1. The van der Waals surface area contributed by atoms with Crippen LogP contribution in [0.4, 0.5) is 0 Å². The normalized spacial score (nSPS) is 21.7. The minimum absolute atomic E-state index is 0.00320. The van der Waals surface area contributed by atoms with Gasteiger partial charge in [0.2, 0.25) is 12.2 Å². The van der Waals surface area contributed by atoms with Gasteiger partial charge >= 0.3 is 11.9 Å². The molecule has 1 aromatic rings. The first kappa shape index (κ1) is 33.6. The molecule has 0 saturated carbocycles. The van der Waals surface area contributed by atoms with E-state index in [1.54, 1.807) is 32.0 Å². The Morgan fingerprint density at radius 2 is 1.84 bits per heavy atom. The third-order valence-electron chi connectivity index (χ3n) is 6.69. The average Bonchev–Trinajstić information content (AvgIpc) is 3.28. The maximum absolute atomic E-state index is 12.1. The number of carboxylic acid groups (broad SMARTS) is 1. The number of rotatable bonds is 16. The number of amides is 3. The van der Waals surface area contributed by atoms with Gasteiger partial charge in [0.25, 0.3) is 11.8 Å². The molecular formula is C29H38N2O12. The number of aliphatic carboxylic acids is 1. The topological polar surface area (TPSA) is 198 Å². The van der Waals surface area contributed by atoms with Crippen LogP contribution in [0.5, 0.6) is 5.75 Å². The molecule has 2 aliphatic rings. The van der Waals surface area contributed by atoms with Crippen LogP contribution in [0.1, 0.15) is 44.2 Å². The standard InChI is InChI=1S/C29H38N2O12/c1-17(2)29(39)41-16-19-14-18(5-6-21(19)42-25-15-20(32)26(36)27(43-25)28(37)38)4-3-12-40-13-10-30-22(33)9-11-31-23(34)7-8-24(31)35/h5-8,14,17,20,25-27,32,36H,3-4,9-13,15-16H2,1-2H3,(H,30,33)(H,37,38)/t20-,25-,26+,27+/m1/s1. The van der Waals surface area contributed by atoms with Crippen LogP contribution in [0, 0.1) is 5.92 Å². The van der Waals surface area contributed by atoms with Gasteiger partial charge in [0, 0.05) is 50.3 Å². The summed E-state index contributed by atoms with van der Waals surface area (Å²) in [5.74, 6) is -3.08. The molecule has 236 valence electrons. The highest BCUT2D eigenvalue weighted by molar-refractivity contribution is 6.13. The van der Waals surface area contributed by atoms with Crippen LogP contribution in [-0.4, -0.2) is 101 Å². The van der Waals surface area contributed by atoms with Gasteiger partial charge in [0.05, 0.1) is 18.6 Å². The quantitative estimate of drug-likeness (QED) is 0.112. The number of imide groups is 1. The van der Waals surface area contributed by atoms with Crippen molar-refractivity contribution in [3.8, 4) is 5.75 Å². The molecule has 14 heteroatoms. The van der Waals surface area contributed by atoms with Crippen molar-refractivity contribution in [3.63, 3.8) is 0 Å². The van der Waals surface area contributed by atoms with E-state index in [2.05, 4.69) is 5.32 Å². The van der Waals surface area contributed by atoms with E-state index >= 15 is 0 Å². The van der Waals surface area contributed by atoms with Crippen LogP contribution < -0.4 is 10.1 Å². The lowest BCUT2D eigenvalue weighted by molar-refractivity contribution is -0.228. The van der Waals surface area contributed by atoms with E-state index in [0.29, 0.717) is 25.0 Å². The summed E-state index contributed by atoms with van der Waals surface area (Å²) in [7, 11) is 0. The monoisotopic (exact) mass is 606 g/mol. The minimum Gasteiger partial charge on any atom is -0.479 e. The molecule has 1 saturated heterocycles. The fourth-order valence-electron chi connectivity index (χ4n) is 4.29. The first-order valence-corrected chi connectivity index (χ1v) is 14.0.